The number of hydrogen-bond donors (Lipinski definition) is 5. The van der Waals surface area contributed by atoms with E-state index in [0.29, 0.717) is 53.8 Å². The summed E-state index contributed by atoms with van der Waals surface area (Å²) in [6.07, 6.45) is 4.92. The summed E-state index contributed by atoms with van der Waals surface area (Å²) in [5.74, 6) is -1.33. The average molecular weight is 989 g/mol. The van der Waals surface area contributed by atoms with Crippen LogP contribution in [0.5, 0.6) is 0 Å². The van der Waals surface area contributed by atoms with Crippen molar-refractivity contribution in [1.82, 2.24) is 49.2 Å². The Kier molecular flexibility index (Phi) is 19.7. The Balaban J connectivity index is 0.000000316. The molecule has 0 spiro atoms. The standard InChI is InChI=1S/C27H39N6O6P.C16H27N6O5P/c1-7-13-37-26(35)27(5,6)32-40(36,22(25(34)39-18(2)3)20-11-9-8-10-12-20)17-38-19(4)14-33-16-31-21-23(28)29-15-30-24(21)33;1-5-6-26-15(23)16(3,4)21-28(24,25)10-27-11(2)7-22-9-20-12-13(17)18-8-19-14(12)22/h8-12,15-16,18-19,22H,7,13-14,17H2,1-6H3,(H,32,36)(H2,28,29,30);8-9,11H,5-7,10H2,1-4H3,(H2,17,18,19)(H2,21,24,25)/t19-,22?,40?;11-/m11/s1. The van der Waals surface area contributed by atoms with Gasteiger partial charge in [-0.3, -0.25) is 18.9 Å². The Morgan fingerprint density at radius 1 is 0.706 bits per heavy atom. The van der Waals surface area contributed by atoms with Gasteiger partial charge in [0.05, 0.1) is 57.3 Å². The lowest BCUT2D eigenvalue weighted by Gasteiger charge is -2.35. The molecule has 7 N–H and O–H groups in total. The van der Waals surface area contributed by atoms with Gasteiger partial charge in [0.2, 0.25) is 0 Å². The van der Waals surface area contributed by atoms with Crippen molar-refractivity contribution in [2.75, 3.05) is 37.4 Å². The van der Waals surface area contributed by atoms with E-state index in [1.165, 1.54) is 26.5 Å². The number of nitrogens with one attached hydrogen (secondary N) is 2. The number of esters is 3. The number of anilines is 2. The fourth-order valence-corrected chi connectivity index (χ4v) is 11.0. The summed E-state index contributed by atoms with van der Waals surface area (Å²) in [6, 6.07) is 8.69. The number of fused-ring (bicyclic) bond motifs is 2. The summed E-state index contributed by atoms with van der Waals surface area (Å²) in [5.41, 5.74) is 10.2. The molecular formula is C43H66N12O11P2. The number of aromatic nitrogens is 8. The van der Waals surface area contributed by atoms with E-state index < -0.39 is 74.1 Å². The van der Waals surface area contributed by atoms with Crippen LogP contribution in [-0.2, 0) is 60.3 Å². The normalized spacial score (nSPS) is 15.1. The molecule has 0 aliphatic rings. The van der Waals surface area contributed by atoms with Gasteiger partial charge >= 0.3 is 17.9 Å². The molecular weight excluding hydrogens is 922 g/mol. The van der Waals surface area contributed by atoms with Crippen molar-refractivity contribution in [3.8, 4) is 0 Å². The molecule has 0 amide bonds. The monoisotopic (exact) mass is 988 g/mol. The highest BCUT2D eigenvalue weighted by Crippen LogP contribution is 2.58. The lowest BCUT2D eigenvalue weighted by Crippen LogP contribution is -2.48. The number of rotatable bonds is 24. The van der Waals surface area contributed by atoms with Gasteiger partial charge in [0, 0.05) is 0 Å². The minimum Gasteiger partial charge on any atom is -0.464 e. The van der Waals surface area contributed by atoms with Crippen LogP contribution in [0.15, 0.2) is 55.6 Å². The Morgan fingerprint density at radius 2 is 1.16 bits per heavy atom. The van der Waals surface area contributed by atoms with E-state index in [0.717, 1.165) is 0 Å². The van der Waals surface area contributed by atoms with Crippen LogP contribution in [0, 0.1) is 0 Å². The van der Waals surface area contributed by atoms with Crippen molar-refractivity contribution in [2.45, 2.75) is 130 Å². The predicted octanol–water partition coefficient (Wildman–Crippen LogP) is 5.34. The molecule has 374 valence electrons. The first-order chi connectivity index (χ1) is 31.9. The molecule has 4 aromatic heterocycles. The molecule has 3 unspecified atom stereocenters. The first-order valence-corrected chi connectivity index (χ1v) is 25.9. The van der Waals surface area contributed by atoms with E-state index in [1.807, 2.05) is 13.8 Å². The van der Waals surface area contributed by atoms with Crippen LogP contribution in [-0.4, -0.2) is 117 Å². The molecule has 0 bridgehead atoms. The van der Waals surface area contributed by atoms with E-state index >= 15 is 0 Å². The lowest BCUT2D eigenvalue weighted by atomic mass is 10.1. The predicted molar refractivity (Wildman–Crippen MR) is 255 cm³/mol. The second-order valence-corrected chi connectivity index (χ2v) is 21.9. The van der Waals surface area contributed by atoms with Gasteiger partial charge in [0.25, 0.3) is 7.52 Å². The highest BCUT2D eigenvalue weighted by atomic mass is 31.2. The Labute approximate surface area is 395 Å². The molecule has 5 rings (SSSR count). The van der Waals surface area contributed by atoms with Gasteiger partial charge in [-0.15, -0.1) is 0 Å². The van der Waals surface area contributed by atoms with Crippen molar-refractivity contribution < 1.29 is 52.1 Å². The third-order valence-corrected chi connectivity index (χ3v) is 14.0. The quantitative estimate of drug-likeness (QED) is 0.0296. The molecule has 0 aliphatic carbocycles. The van der Waals surface area contributed by atoms with Gasteiger partial charge < -0.3 is 53.7 Å². The summed E-state index contributed by atoms with van der Waals surface area (Å²) in [6.45, 7) is 17.9. The second-order valence-electron chi connectivity index (χ2n) is 17.4. The zero-order valence-corrected chi connectivity index (χ0v) is 42.1. The topological polar surface area (TPSA) is 315 Å². The maximum atomic E-state index is 14.9. The first kappa shape index (κ1) is 55.2. The smallest absolute Gasteiger partial charge is 0.326 e. The molecule has 5 atom stereocenters. The number of carbonyl (C=O) groups is 3. The fraction of sp³-hybridized carbons (Fsp3) is 0.558. The maximum Gasteiger partial charge on any atom is 0.326 e. The Morgan fingerprint density at radius 3 is 1.62 bits per heavy atom. The SMILES string of the molecule is CCCOC(=O)C(C)(C)NP(=O)(CO[C@H](C)Cn1cnc2c(N)ncnc21)C(C(=O)OC(C)C)c1ccccc1.CCCOC(=O)C(C)(C)NP(=O)(O)CO[C@H](C)Cn1cnc2c(N)ncnc21. The average Bonchev–Trinajstić information content (AvgIpc) is 3.88. The molecule has 0 fully saturated rings. The summed E-state index contributed by atoms with van der Waals surface area (Å²) < 4.78 is 58.4. The molecule has 5 aromatic rings. The first-order valence-electron chi connectivity index (χ1n) is 22.1. The molecule has 25 heteroatoms. The van der Waals surface area contributed by atoms with E-state index in [2.05, 4.69) is 40.1 Å². The van der Waals surface area contributed by atoms with Crippen LogP contribution in [0.4, 0.5) is 11.6 Å². The highest BCUT2D eigenvalue weighted by Gasteiger charge is 2.47. The molecule has 1 aromatic carbocycles. The van der Waals surface area contributed by atoms with Gasteiger partial charge in [0.15, 0.2) is 30.2 Å². The van der Waals surface area contributed by atoms with Crippen LogP contribution >= 0.6 is 14.8 Å². The lowest BCUT2D eigenvalue weighted by molar-refractivity contribution is -0.150. The van der Waals surface area contributed by atoms with Crippen molar-refractivity contribution in [3.63, 3.8) is 0 Å². The molecule has 0 saturated heterocycles. The number of nitrogens with zero attached hydrogens (tertiary/aromatic N) is 8. The summed E-state index contributed by atoms with van der Waals surface area (Å²) in [4.78, 5) is 73.2. The maximum absolute atomic E-state index is 14.9. The van der Waals surface area contributed by atoms with E-state index in [1.54, 1.807) is 93.7 Å². The van der Waals surface area contributed by atoms with Gasteiger partial charge in [-0.25, -0.2) is 40.1 Å². The van der Waals surface area contributed by atoms with Gasteiger partial charge in [-0.2, -0.15) is 0 Å². The largest absolute Gasteiger partial charge is 0.464 e. The third-order valence-electron chi connectivity index (χ3n) is 9.78. The third kappa shape index (κ3) is 15.3. The number of benzene rings is 1. The van der Waals surface area contributed by atoms with E-state index in [4.69, 9.17) is 35.2 Å². The number of nitrogen functional groups attached to an aromatic ring is 2. The summed E-state index contributed by atoms with van der Waals surface area (Å²) in [5, 5.41) is 5.43. The minimum atomic E-state index is -3.94. The van der Waals surface area contributed by atoms with Crippen molar-refractivity contribution >= 4 is 66.7 Å². The minimum absolute atomic E-state index is 0.214. The number of carbonyl (C=O) groups excluding carboxylic acids is 3. The number of hydrogen-bond acceptors (Lipinski definition) is 18. The number of imidazole rings is 2. The van der Waals surface area contributed by atoms with Crippen LogP contribution in [0.25, 0.3) is 22.3 Å². The van der Waals surface area contributed by atoms with Crippen molar-refractivity contribution in [3.05, 3.63) is 61.2 Å². The van der Waals surface area contributed by atoms with E-state index in [9.17, 15) is 28.4 Å². The number of ether oxygens (including phenoxy) is 5. The van der Waals surface area contributed by atoms with Gasteiger partial charge in [-0.1, -0.05) is 44.2 Å². The van der Waals surface area contributed by atoms with Crippen LogP contribution in [0.1, 0.15) is 93.3 Å². The zero-order valence-electron chi connectivity index (χ0n) is 40.3. The fourth-order valence-electron chi connectivity index (χ4n) is 6.62. The highest BCUT2D eigenvalue weighted by molar-refractivity contribution is 7.63. The Bertz CT molecular complexity index is 2560. The summed E-state index contributed by atoms with van der Waals surface area (Å²) >= 11 is 0. The molecule has 4 heterocycles. The van der Waals surface area contributed by atoms with Crippen LogP contribution in [0.2, 0.25) is 0 Å². The van der Waals surface area contributed by atoms with Crippen LogP contribution in [0.3, 0.4) is 0 Å². The zero-order chi connectivity index (χ0) is 50.5. The molecule has 0 saturated carbocycles. The van der Waals surface area contributed by atoms with Crippen molar-refractivity contribution in [2.24, 2.45) is 0 Å². The molecule has 68 heavy (non-hydrogen) atoms. The molecule has 23 nitrogen and oxygen atoms in total. The van der Waals surface area contributed by atoms with Crippen molar-refractivity contribution in [1.29, 1.82) is 0 Å². The number of nitrogens with two attached hydrogens (primary N) is 2. The van der Waals surface area contributed by atoms with Gasteiger partial charge in [-0.05, 0) is 73.8 Å². The molecule has 0 aliphatic heterocycles. The Hall–Kier alpha value is -5.41. The second kappa shape index (κ2) is 24.2. The summed E-state index contributed by atoms with van der Waals surface area (Å²) in [7, 11) is -7.83. The molecule has 0 radical (unpaired) electrons. The van der Waals surface area contributed by atoms with Crippen LogP contribution < -0.4 is 21.6 Å². The van der Waals surface area contributed by atoms with Gasteiger partial charge in [0.1, 0.15) is 53.1 Å². The van der Waals surface area contributed by atoms with E-state index in [-0.39, 0.29) is 31.2 Å².